The van der Waals surface area contributed by atoms with E-state index in [0.717, 1.165) is 17.5 Å². The molecule has 2 aliphatic rings. The van der Waals surface area contributed by atoms with Crippen molar-refractivity contribution in [3.63, 3.8) is 0 Å². The van der Waals surface area contributed by atoms with E-state index in [2.05, 4.69) is 11.2 Å². The van der Waals surface area contributed by atoms with Crippen LogP contribution in [-0.4, -0.2) is 48.1 Å². The summed E-state index contributed by atoms with van der Waals surface area (Å²) in [4.78, 5) is 24.9. The number of hydrogen-bond acceptors (Lipinski definition) is 6. The van der Waals surface area contributed by atoms with E-state index in [9.17, 15) is 18.0 Å². The number of carbonyl (C=O) groups is 2. The second-order valence-corrected chi connectivity index (χ2v) is 11.4. The van der Waals surface area contributed by atoms with Gasteiger partial charge < -0.3 is 4.74 Å². The number of aromatic nitrogens is 2. The number of Topliss-reactive ketones (excluding diaryl/α,β-unsaturated/α-hetero) is 1. The molecule has 0 amide bonds. The average Bonchev–Trinajstić information content (AvgIpc) is 3.48. The molecular weight excluding hydrogens is 488 g/mol. The summed E-state index contributed by atoms with van der Waals surface area (Å²) in [5.74, 6) is -0.871. The van der Waals surface area contributed by atoms with Gasteiger partial charge in [-0.2, -0.15) is 5.10 Å². The van der Waals surface area contributed by atoms with Crippen LogP contribution in [0.4, 0.5) is 0 Å². The highest BCUT2D eigenvalue weighted by molar-refractivity contribution is 7.91. The molecule has 1 aromatic heterocycles. The molecule has 0 radical (unpaired) electrons. The van der Waals surface area contributed by atoms with Crippen molar-refractivity contribution in [2.75, 3.05) is 18.1 Å². The van der Waals surface area contributed by atoms with E-state index < -0.39 is 15.8 Å². The fourth-order valence-electron chi connectivity index (χ4n) is 4.65. The van der Waals surface area contributed by atoms with Gasteiger partial charge in [0.1, 0.15) is 5.15 Å². The zero-order chi connectivity index (χ0) is 24.7. The molecule has 0 bridgehead atoms. The predicted molar refractivity (Wildman–Crippen MR) is 133 cm³/mol. The Labute approximate surface area is 208 Å². The van der Waals surface area contributed by atoms with Gasteiger partial charge in [-0.15, -0.1) is 0 Å². The molecule has 0 saturated carbocycles. The maximum Gasteiger partial charge on any atom is 0.331 e. The summed E-state index contributed by atoms with van der Waals surface area (Å²) in [6.07, 6.45) is 3.96. The van der Waals surface area contributed by atoms with Crippen molar-refractivity contribution in [1.29, 1.82) is 0 Å². The van der Waals surface area contributed by atoms with Crippen molar-refractivity contribution in [2.45, 2.75) is 25.8 Å². The second kappa shape index (κ2) is 9.09. The fourth-order valence-corrected chi connectivity index (χ4v) is 6.72. The highest BCUT2D eigenvalue weighted by Crippen LogP contribution is 2.37. The molecule has 180 valence electrons. The molecule has 1 fully saturated rings. The summed E-state index contributed by atoms with van der Waals surface area (Å²) in [6.45, 7) is 1.35. The standard InChI is InChI=1S/C26H23ClN2O5S/c1-16-21(26(27)29(28-16)20-10-11-35(32,33)15-20)8-9-25(31)34-14-24(30)19-7-6-18-12-17-4-2-3-5-22(17)23(18)13-19/h2-9,13,20H,10-12,14-15H2,1H3/b9-8+/t20-/m0/s1. The normalized spacial score (nSPS) is 17.9. The van der Waals surface area contributed by atoms with Gasteiger partial charge in [-0.05, 0) is 54.2 Å². The first-order chi connectivity index (χ1) is 16.7. The Balaban J connectivity index is 1.23. The molecule has 0 spiro atoms. The van der Waals surface area contributed by atoms with Crippen molar-refractivity contribution < 1.29 is 22.7 Å². The van der Waals surface area contributed by atoms with E-state index in [-0.39, 0.29) is 35.1 Å². The van der Waals surface area contributed by atoms with Crippen molar-refractivity contribution >= 4 is 39.3 Å². The Kier molecular flexibility index (Phi) is 6.11. The Bertz CT molecular complexity index is 1490. The number of benzene rings is 2. The van der Waals surface area contributed by atoms with Crippen LogP contribution in [0.25, 0.3) is 17.2 Å². The molecule has 9 heteroatoms. The molecule has 1 atom stereocenters. The minimum Gasteiger partial charge on any atom is -0.454 e. The molecule has 3 aromatic rings. The second-order valence-electron chi connectivity index (χ2n) is 8.86. The van der Waals surface area contributed by atoms with E-state index >= 15 is 0 Å². The number of carbonyl (C=O) groups excluding carboxylic acids is 2. The molecule has 1 saturated heterocycles. The SMILES string of the molecule is Cc1nn([C@H]2CCS(=O)(=O)C2)c(Cl)c1/C=C/C(=O)OCC(=O)c1ccc2c(c1)-c1ccccc1C2. The molecule has 0 N–H and O–H groups in total. The van der Waals surface area contributed by atoms with Crippen LogP contribution in [0, 0.1) is 6.92 Å². The number of sulfone groups is 1. The molecule has 1 aliphatic carbocycles. The smallest absolute Gasteiger partial charge is 0.331 e. The van der Waals surface area contributed by atoms with Crippen LogP contribution in [-0.2, 0) is 25.8 Å². The van der Waals surface area contributed by atoms with Gasteiger partial charge in [-0.1, -0.05) is 48.0 Å². The van der Waals surface area contributed by atoms with Gasteiger partial charge in [0, 0.05) is 17.2 Å². The van der Waals surface area contributed by atoms with E-state index in [4.69, 9.17) is 16.3 Å². The van der Waals surface area contributed by atoms with Crippen LogP contribution in [0.1, 0.15) is 45.2 Å². The summed E-state index contributed by atoms with van der Waals surface area (Å²) in [7, 11) is -3.09. The predicted octanol–water partition coefficient (Wildman–Crippen LogP) is 4.22. The lowest BCUT2D eigenvalue weighted by molar-refractivity contribution is -0.136. The van der Waals surface area contributed by atoms with Gasteiger partial charge in [0.2, 0.25) is 0 Å². The van der Waals surface area contributed by atoms with Crippen LogP contribution in [0.5, 0.6) is 0 Å². The number of rotatable bonds is 6. The van der Waals surface area contributed by atoms with Crippen LogP contribution < -0.4 is 0 Å². The van der Waals surface area contributed by atoms with Crippen molar-refractivity contribution in [2.24, 2.45) is 0 Å². The third kappa shape index (κ3) is 4.68. The quantitative estimate of drug-likeness (QED) is 0.219. The van der Waals surface area contributed by atoms with Gasteiger partial charge >= 0.3 is 5.97 Å². The molecule has 2 aromatic carbocycles. The Morgan fingerprint density at radius 2 is 1.94 bits per heavy atom. The topological polar surface area (TPSA) is 95.3 Å². The van der Waals surface area contributed by atoms with Crippen molar-refractivity contribution in [3.8, 4) is 11.1 Å². The zero-order valence-corrected chi connectivity index (χ0v) is 20.6. The minimum absolute atomic E-state index is 0.00454. The van der Waals surface area contributed by atoms with Crippen molar-refractivity contribution in [1.82, 2.24) is 9.78 Å². The third-order valence-electron chi connectivity index (χ3n) is 6.48. The van der Waals surface area contributed by atoms with E-state index in [0.29, 0.717) is 23.2 Å². The molecule has 7 nitrogen and oxygen atoms in total. The highest BCUT2D eigenvalue weighted by Gasteiger charge is 2.31. The fraction of sp³-hybridized carbons (Fsp3) is 0.269. The summed E-state index contributed by atoms with van der Waals surface area (Å²) in [5.41, 5.74) is 6.13. The van der Waals surface area contributed by atoms with Crippen LogP contribution >= 0.6 is 11.6 Å². The highest BCUT2D eigenvalue weighted by atomic mass is 35.5. The largest absolute Gasteiger partial charge is 0.454 e. The number of ether oxygens (including phenoxy) is 1. The number of nitrogens with zero attached hydrogens (tertiary/aromatic N) is 2. The summed E-state index contributed by atoms with van der Waals surface area (Å²) in [5, 5.41) is 4.62. The number of aryl methyl sites for hydroxylation is 1. The molecule has 0 unspecified atom stereocenters. The van der Waals surface area contributed by atoms with Crippen LogP contribution in [0.15, 0.2) is 48.5 Å². The first-order valence-electron chi connectivity index (χ1n) is 11.3. The Hall–Kier alpha value is -3.23. The average molecular weight is 511 g/mol. The zero-order valence-electron chi connectivity index (χ0n) is 19.0. The minimum atomic E-state index is -3.09. The number of ketones is 1. The van der Waals surface area contributed by atoms with E-state index in [1.165, 1.54) is 28.0 Å². The summed E-state index contributed by atoms with van der Waals surface area (Å²) < 4.78 is 30.2. The monoisotopic (exact) mass is 510 g/mol. The maximum atomic E-state index is 12.7. The lowest BCUT2D eigenvalue weighted by Gasteiger charge is -2.09. The lowest BCUT2D eigenvalue weighted by atomic mass is 10.0. The molecular formula is C26H23ClN2O5S. The van der Waals surface area contributed by atoms with E-state index in [1.807, 2.05) is 30.3 Å². The molecule has 5 rings (SSSR count). The van der Waals surface area contributed by atoms with Crippen LogP contribution in [0.3, 0.4) is 0 Å². The van der Waals surface area contributed by atoms with Gasteiger partial charge in [-0.25, -0.2) is 17.9 Å². The summed E-state index contributed by atoms with van der Waals surface area (Å²) >= 11 is 6.42. The van der Waals surface area contributed by atoms with Gasteiger partial charge in [-0.3, -0.25) is 4.79 Å². The first-order valence-corrected chi connectivity index (χ1v) is 13.5. The number of halogens is 1. The van der Waals surface area contributed by atoms with Gasteiger partial charge in [0.15, 0.2) is 22.2 Å². The molecule has 1 aliphatic heterocycles. The van der Waals surface area contributed by atoms with Gasteiger partial charge in [0.05, 0.1) is 23.2 Å². The summed E-state index contributed by atoms with van der Waals surface area (Å²) in [6, 6.07) is 13.3. The van der Waals surface area contributed by atoms with E-state index in [1.54, 1.807) is 13.0 Å². The number of fused-ring (bicyclic) bond motifs is 3. The van der Waals surface area contributed by atoms with Gasteiger partial charge in [0.25, 0.3) is 0 Å². The van der Waals surface area contributed by atoms with Crippen molar-refractivity contribution in [3.05, 3.63) is 81.6 Å². The Morgan fingerprint density at radius 1 is 1.17 bits per heavy atom. The lowest BCUT2D eigenvalue weighted by Crippen LogP contribution is -2.13. The van der Waals surface area contributed by atoms with Crippen LogP contribution in [0.2, 0.25) is 5.15 Å². The molecule has 35 heavy (non-hydrogen) atoms. The molecule has 2 heterocycles. The first kappa shape index (κ1) is 23.5. The number of esters is 1. The number of hydrogen-bond donors (Lipinski definition) is 0. The Morgan fingerprint density at radius 3 is 2.71 bits per heavy atom. The third-order valence-corrected chi connectivity index (χ3v) is 8.60. The maximum absolute atomic E-state index is 12.7.